The first-order valence-corrected chi connectivity index (χ1v) is 13.3. The molecule has 0 aromatic carbocycles. The van der Waals surface area contributed by atoms with Gasteiger partial charge in [-0.2, -0.15) is 5.26 Å². The van der Waals surface area contributed by atoms with Gasteiger partial charge < -0.3 is 9.16 Å². The summed E-state index contributed by atoms with van der Waals surface area (Å²) in [5.74, 6) is 0. The minimum Gasteiger partial charge on any atom is -0.409 e. The van der Waals surface area contributed by atoms with Crippen LogP contribution >= 0.6 is 11.8 Å². The maximum absolute atomic E-state index is 13.1. The highest BCUT2D eigenvalue weighted by atomic mass is 32.2. The number of pyridine rings is 1. The largest absolute Gasteiger partial charge is 0.409 e. The van der Waals surface area contributed by atoms with E-state index in [1.54, 1.807) is 16.8 Å². The summed E-state index contributed by atoms with van der Waals surface area (Å²) in [7, 11) is -2.07. The van der Waals surface area contributed by atoms with Crippen LogP contribution in [0.5, 0.6) is 0 Å². The molecule has 0 bridgehead atoms. The van der Waals surface area contributed by atoms with Gasteiger partial charge in [-0.15, -0.1) is 0 Å². The Hall–Kier alpha value is -1.73. The first kappa shape index (κ1) is 21.0. The van der Waals surface area contributed by atoms with Crippen molar-refractivity contribution in [3.63, 3.8) is 0 Å². The Balaban J connectivity index is 2.14. The Labute approximate surface area is 170 Å². The average Bonchev–Trinajstić information content (AvgIpc) is 3.06. The molecule has 150 valence electrons. The number of nitriles is 1. The molecule has 9 heteroatoms. The molecule has 0 saturated carbocycles. The van der Waals surface area contributed by atoms with Gasteiger partial charge in [-0.05, 0) is 30.5 Å². The van der Waals surface area contributed by atoms with Crippen LogP contribution < -0.4 is 5.56 Å². The van der Waals surface area contributed by atoms with Gasteiger partial charge in [0.25, 0.3) is 5.56 Å². The van der Waals surface area contributed by atoms with Crippen molar-refractivity contribution in [2.45, 2.75) is 56.2 Å². The molecule has 0 spiro atoms. The van der Waals surface area contributed by atoms with Gasteiger partial charge >= 0.3 is 0 Å². The normalized spacial score (nSPS) is 20.5. The number of hydrogen-bond acceptors (Lipinski definition) is 7. The van der Waals surface area contributed by atoms with Crippen LogP contribution in [0.2, 0.25) is 18.1 Å². The van der Waals surface area contributed by atoms with Crippen molar-refractivity contribution in [3.8, 4) is 6.07 Å². The van der Waals surface area contributed by atoms with Crippen molar-refractivity contribution in [1.29, 1.82) is 5.26 Å². The predicted molar refractivity (Wildman–Crippen MR) is 112 cm³/mol. The number of ether oxygens (including phenoxy) is 1. The van der Waals surface area contributed by atoms with Crippen LogP contribution in [-0.2, 0) is 9.16 Å². The Morgan fingerprint density at radius 1 is 1.39 bits per heavy atom. The summed E-state index contributed by atoms with van der Waals surface area (Å²) in [5, 5.41) is 10.7. The highest BCUT2D eigenvalue weighted by molar-refractivity contribution is 7.98. The molecular weight excluding hydrogens is 392 g/mol. The lowest BCUT2D eigenvalue weighted by molar-refractivity contribution is 0.126. The average molecular weight is 419 g/mol. The zero-order chi connectivity index (χ0) is 20.7. The van der Waals surface area contributed by atoms with E-state index in [2.05, 4.69) is 43.8 Å². The van der Waals surface area contributed by atoms with Gasteiger partial charge in [0.1, 0.15) is 17.3 Å². The minimum absolute atomic E-state index is 0.0376. The minimum atomic E-state index is -2.07. The third-order valence-corrected chi connectivity index (χ3v) is 10.7. The summed E-state index contributed by atoms with van der Waals surface area (Å²) in [6, 6.07) is 3.22. The monoisotopic (exact) mass is 418 g/mol. The van der Waals surface area contributed by atoms with E-state index < -0.39 is 8.32 Å². The van der Waals surface area contributed by atoms with Crippen molar-refractivity contribution in [2.24, 2.45) is 0 Å². The maximum atomic E-state index is 13.1. The number of fused-ring (bicyclic) bond motifs is 1. The van der Waals surface area contributed by atoms with Gasteiger partial charge in [0.05, 0.1) is 25.4 Å². The number of hydrogen-bond donors (Lipinski definition) is 0. The molecule has 2 atom stereocenters. The first-order valence-electron chi connectivity index (χ1n) is 9.21. The second kappa shape index (κ2) is 7.59. The van der Waals surface area contributed by atoms with E-state index in [4.69, 9.17) is 9.16 Å². The van der Waals surface area contributed by atoms with E-state index in [0.717, 1.165) is 0 Å². The Bertz CT molecular complexity index is 994. The van der Waals surface area contributed by atoms with Crippen LogP contribution in [0, 0.1) is 11.3 Å². The summed E-state index contributed by atoms with van der Waals surface area (Å²) in [5.41, 5.74) is 0.230. The zero-order valence-electron chi connectivity index (χ0n) is 17.1. The summed E-state index contributed by atoms with van der Waals surface area (Å²) < 4.78 is 13.9. The van der Waals surface area contributed by atoms with Crippen molar-refractivity contribution in [2.75, 3.05) is 19.5 Å². The molecule has 0 amide bonds. The Kier molecular flexibility index (Phi) is 5.69. The summed E-state index contributed by atoms with van der Waals surface area (Å²) in [6.45, 7) is 11.7. The molecule has 3 heterocycles. The van der Waals surface area contributed by atoms with Gasteiger partial charge in [-0.25, -0.2) is 9.97 Å². The molecule has 0 aliphatic carbocycles. The number of nitrogens with zero attached hydrogens (tertiary/aromatic N) is 4. The molecule has 1 saturated heterocycles. The fourth-order valence-corrected chi connectivity index (χ4v) is 4.69. The second-order valence-electron chi connectivity index (χ2n) is 8.50. The molecule has 0 radical (unpaired) electrons. The Morgan fingerprint density at radius 3 is 2.71 bits per heavy atom. The van der Waals surface area contributed by atoms with Crippen LogP contribution in [-0.4, -0.2) is 48.4 Å². The topological polar surface area (TPSA) is 90.0 Å². The lowest BCUT2D eigenvalue weighted by Crippen LogP contribution is -2.47. The number of rotatable bonds is 4. The molecule has 3 rings (SSSR count). The Morgan fingerprint density at radius 2 is 2.11 bits per heavy atom. The third kappa shape index (κ3) is 3.74. The molecular formula is C19H26N4O3SSi. The van der Waals surface area contributed by atoms with Crippen LogP contribution in [0.15, 0.2) is 22.2 Å². The molecule has 0 N–H and O–H groups in total. The zero-order valence-corrected chi connectivity index (χ0v) is 19.0. The SMILES string of the molecule is CSc1ncc2cc(C#N)c(=O)n(C3COCC3O[Si](C)(C)C(C)(C)C)c2n1. The standard InChI is InChI=1S/C19H26N4O3SSi/c1-19(2,3)28(5,6)26-15-11-25-10-14(15)23-16-13(7-12(8-20)17(23)24)9-21-18(22-16)27-4/h7,9,14-15H,10-11H2,1-6H3. The fraction of sp³-hybridized carbons (Fsp3) is 0.579. The van der Waals surface area contributed by atoms with Gasteiger partial charge in [0.15, 0.2) is 13.5 Å². The highest BCUT2D eigenvalue weighted by Crippen LogP contribution is 2.39. The highest BCUT2D eigenvalue weighted by Gasteiger charge is 2.43. The summed E-state index contributed by atoms with van der Waals surface area (Å²) in [4.78, 5) is 21.9. The summed E-state index contributed by atoms with van der Waals surface area (Å²) >= 11 is 1.41. The molecule has 2 unspecified atom stereocenters. The van der Waals surface area contributed by atoms with Crippen molar-refractivity contribution in [3.05, 3.63) is 28.2 Å². The van der Waals surface area contributed by atoms with Gasteiger partial charge in [-0.3, -0.25) is 9.36 Å². The van der Waals surface area contributed by atoms with Gasteiger partial charge in [0.2, 0.25) is 0 Å². The lowest BCUT2D eigenvalue weighted by atomic mass is 10.1. The van der Waals surface area contributed by atoms with Gasteiger partial charge in [-0.1, -0.05) is 32.5 Å². The quantitative estimate of drug-likeness (QED) is 0.427. The van der Waals surface area contributed by atoms with E-state index in [1.165, 1.54) is 11.8 Å². The summed E-state index contributed by atoms with van der Waals surface area (Å²) in [6.07, 6.45) is 3.28. The molecule has 1 fully saturated rings. The van der Waals surface area contributed by atoms with Crippen molar-refractivity contribution < 1.29 is 9.16 Å². The predicted octanol–water partition coefficient (Wildman–Crippen LogP) is 3.35. The molecule has 1 aliphatic rings. The molecule has 28 heavy (non-hydrogen) atoms. The number of thioether (sulfide) groups is 1. The van der Waals surface area contributed by atoms with Crippen LogP contribution in [0.3, 0.4) is 0 Å². The van der Waals surface area contributed by atoms with Crippen LogP contribution in [0.1, 0.15) is 32.4 Å². The fourth-order valence-electron chi connectivity index (χ4n) is 3.02. The third-order valence-electron chi connectivity index (χ3n) is 5.64. The number of aromatic nitrogens is 3. The van der Waals surface area contributed by atoms with Crippen molar-refractivity contribution in [1.82, 2.24) is 14.5 Å². The van der Waals surface area contributed by atoms with E-state index in [-0.39, 0.29) is 28.3 Å². The van der Waals surface area contributed by atoms with Gasteiger partial charge in [0, 0.05) is 11.6 Å². The molecule has 2 aromatic heterocycles. The first-order chi connectivity index (χ1) is 13.1. The van der Waals surface area contributed by atoms with E-state index >= 15 is 0 Å². The molecule has 2 aromatic rings. The van der Waals surface area contributed by atoms with Crippen molar-refractivity contribution >= 4 is 31.1 Å². The lowest BCUT2D eigenvalue weighted by Gasteiger charge is -2.39. The van der Waals surface area contributed by atoms with E-state index in [1.807, 2.05) is 12.3 Å². The molecule has 7 nitrogen and oxygen atoms in total. The maximum Gasteiger partial charge on any atom is 0.270 e. The van der Waals surface area contributed by atoms with E-state index in [9.17, 15) is 10.1 Å². The van der Waals surface area contributed by atoms with Crippen LogP contribution in [0.25, 0.3) is 11.0 Å². The second-order valence-corrected chi connectivity index (χ2v) is 14.0. The molecule has 1 aliphatic heterocycles. The smallest absolute Gasteiger partial charge is 0.270 e. The van der Waals surface area contributed by atoms with E-state index in [0.29, 0.717) is 29.4 Å². The van der Waals surface area contributed by atoms with Crippen LogP contribution in [0.4, 0.5) is 0 Å².